The van der Waals surface area contributed by atoms with Crippen molar-refractivity contribution in [3.8, 4) is 0 Å². The SMILES string of the molecule is CC1CN(S(=O)(=O)c2cnc(Cl)c(Cl)c2)CC(C)(C)O1. The first-order chi connectivity index (χ1) is 9.12. The molecule has 1 aromatic rings. The summed E-state index contributed by atoms with van der Waals surface area (Å²) < 4.78 is 32.3. The Morgan fingerprint density at radius 1 is 1.45 bits per heavy atom. The quantitative estimate of drug-likeness (QED) is 0.777. The second-order valence-corrected chi connectivity index (χ2v) is 8.13. The third-order valence-corrected chi connectivity index (χ3v) is 5.41. The van der Waals surface area contributed by atoms with Gasteiger partial charge in [-0.2, -0.15) is 4.31 Å². The van der Waals surface area contributed by atoms with Crippen LogP contribution in [0.25, 0.3) is 0 Å². The number of pyridine rings is 1. The number of sulfonamides is 1. The average molecular weight is 339 g/mol. The highest BCUT2D eigenvalue weighted by atomic mass is 35.5. The molecule has 5 nitrogen and oxygen atoms in total. The molecule has 1 atom stereocenters. The molecule has 1 saturated heterocycles. The van der Waals surface area contributed by atoms with Crippen molar-refractivity contribution < 1.29 is 13.2 Å². The maximum absolute atomic E-state index is 12.6. The van der Waals surface area contributed by atoms with Gasteiger partial charge in [0.05, 0.1) is 16.7 Å². The predicted octanol–water partition coefficient (Wildman–Crippen LogP) is 2.58. The molecule has 0 spiro atoms. The second-order valence-electron chi connectivity index (χ2n) is 5.43. The molecule has 0 aliphatic carbocycles. The van der Waals surface area contributed by atoms with Crippen LogP contribution in [0.2, 0.25) is 10.2 Å². The predicted molar refractivity (Wildman–Crippen MR) is 77.6 cm³/mol. The lowest BCUT2D eigenvalue weighted by Crippen LogP contribution is -2.53. The zero-order valence-corrected chi connectivity index (χ0v) is 13.8. The van der Waals surface area contributed by atoms with Gasteiger partial charge in [0.2, 0.25) is 10.0 Å². The van der Waals surface area contributed by atoms with Crippen molar-refractivity contribution in [2.75, 3.05) is 13.1 Å². The summed E-state index contributed by atoms with van der Waals surface area (Å²) in [7, 11) is -3.66. The van der Waals surface area contributed by atoms with Crippen molar-refractivity contribution in [3.05, 3.63) is 22.4 Å². The van der Waals surface area contributed by atoms with Crippen molar-refractivity contribution in [1.82, 2.24) is 9.29 Å². The van der Waals surface area contributed by atoms with Crippen LogP contribution in [0.3, 0.4) is 0 Å². The summed E-state index contributed by atoms with van der Waals surface area (Å²) in [5, 5.41) is 0.203. The summed E-state index contributed by atoms with van der Waals surface area (Å²) in [5.74, 6) is 0. The number of nitrogens with zero attached hydrogens (tertiary/aromatic N) is 2. The molecular weight excluding hydrogens is 323 g/mol. The Labute approximate surface area is 128 Å². The maximum atomic E-state index is 12.6. The third-order valence-electron chi connectivity index (χ3n) is 2.95. The molecule has 20 heavy (non-hydrogen) atoms. The van der Waals surface area contributed by atoms with Crippen LogP contribution >= 0.6 is 23.2 Å². The summed E-state index contributed by atoms with van der Waals surface area (Å²) >= 11 is 11.6. The van der Waals surface area contributed by atoms with Gasteiger partial charge in [-0.1, -0.05) is 23.2 Å². The molecule has 8 heteroatoms. The van der Waals surface area contributed by atoms with Crippen LogP contribution in [-0.2, 0) is 14.8 Å². The molecule has 1 aliphatic rings. The highest BCUT2D eigenvalue weighted by Gasteiger charge is 2.38. The van der Waals surface area contributed by atoms with E-state index in [1.165, 1.54) is 16.6 Å². The van der Waals surface area contributed by atoms with E-state index in [1.807, 2.05) is 20.8 Å². The zero-order valence-electron chi connectivity index (χ0n) is 11.4. The van der Waals surface area contributed by atoms with Gasteiger partial charge in [0.1, 0.15) is 10.0 Å². The second kappa shape index (κ2) is 5.42. The van der Waals surface area contributed by atoms with E-state index in [1.54, 1.807) is 0 Å². The number of aromatic nitrogens is 1. The first-order valence-corrected chi connectivity index (χ1v) is 8.30. The Balaban J connectivity index is 2.36. The van der Waals surface area contributed by atoms with Crippen LogP contribution in [0.1, 0.15) is 20.8 Å². The average Bonchev–Trinajstić information content (AvgIpc) is 2.30. The van der Waals surface area contributed by atoms with Crippen molar-refractivity contribution in [1.29, 1.82) is 0 Å². The summed E-state index contributed by atoms with van der Waals surface area (Å²) in [6, 6.07) is 1.32. The fourth-order valence-electron chi connectivity index (χ4n) is 2.27. The third kappa shape index (κ3) is 3.26. The molecule has 0 bridgehead atoms. The van der Waals surface area contributed by atoms with Crippen LogP contribution in [0, 0.1) is 0 Å². The van der Waals surface area contributed by atoms with Gasteiger partial charge in [-0.25, -0.2) is 13.4 Å². The van der Waals surface area contributed by atoms with Gasteiger partial charge in [0, 0.05) is 19.3 Å². The van der Waals surface area contributed by atoms with Crippen molar-refractivity contribution in [2.45, 2.75) is 37.4 Å². The summed E-state index contributed by atoms with van der Waals surface area (Å²) in [6.45, 7) is 6.14. The van der Waals surface area contributed by atoms with Gasteiger partial charge in [0.25, 0.3) is 0 Å². The number of hydrogen-bond acceptors (Lipinski definition) is 4. The van der Waals surface area contributed by atoms with Crippen LogP contribution < -0.4 is 0 Å². The van der Waals surface area contributed by atoms with Gasteiger partial charge >= 0.3 is 0 Å². The Kier molecular flexibility index (Phi) is 4.33. The number of halogens is 2. The molecule has 0 saturated carbocycles. The Hall–Kier alpha value is -0.400. The minimum absolute atomic E-state index is 0.0387. The van der Waals surface area contributed by atoms with Gasteiger partial charge in [-0.3, -0.25) is 0 Å². The molecule has 1 fully saturated rings. The number of hydrogen-bond donors (Lipinski definition) is 0. The lowest BCUT2D eigenvalue weighted by atomic mass is 10.1. The summed E-state index contributed by atoms with van der Waals surface area (Å²) in [6.07, 6.45) is 1.04. The monoisotopic (exact) mass is 338 g/mol. The molecule has 1 aliphatic heterocycles. The van der Waals surface area contributed by atoms with E-state index in [0.717, 1.165) is 0 Å². The largest absolute Gasteiger partial charge is 0.370 e. The highest BCUT2D eigenvalue weighted by molar-refractivity contribution is 7.89. The lowest BCUT2D eigenvalue weighted by Gasteiger charge is -2.40. The molecule has 0 amide bonds. The Bertz CT molecular complexity index is 619. The topological polar surface area (TPSA) is 59.5 Å². The number of rotatable bonds is 2. The molecule has 1 aromatic heterocycles. The standard InChI is InChI=1S/C12H16Cl2N2O3S/c1-8-6-16(7-12(2,3)19-8)20(17,18)9-4-10(13)11(14)15-5-9/h4-5,8H,6-7H2,1-3H3. The van der Waals surface area contributed by atoms with E-state index in [4.69, 9.17) is 27.9 Å². The van der Waals surface area contributed by atoms with Gasteiger partial charge in [-0.05, 0) is 26.8 Å². The molecule has 2 rings (SSSR count). The van der Waals surface area contributed by atoms with E-state index in [2.05, 4.69) is 4.98 Å². The number of ether oxygens (including phenoxy) is 1. The first kappa shape index (κ1) is 16.0. The van der Waals surface area contributed by atoms with E-state index in [-0.39, 0.29) is 27.7 Å². The van der Waals surface area contributed by atoms with Crippen LogP contribution in [0.4, 0.5) is 0 Å². The molecule has 112 valence electrons. The molecule has 0 N–H and O–H groups in total. The fraction of sp³-hybridized carbons (Fsp3) is 0.583. The van der Waals surface area contributed by atoms with Crippen molar-refractivity contribution in [3.63, 3.8) is 0 Å². The van der Waals surface area contributed by atoms with Gasteiger partial charge in [-0.15, -0.1) is 0 Å². The summed E-state index contributed by atoms with van der Waals surface area (Å²) in [5.41, 5.74) is -0.533. The van der Waals surface area contributed by atoms with E-state index in [0.29, 0.717) is 6.54 Å². The lowest BCUT2D eigenvalue weighted by molar-refractivity contribution is -0.109. The van der Waals surface area contributed by atoms with Crippen molar-refractivity contribution >= 4 is 33.2 Å². The zero-order chi connectivity index (χ0) is 15.1. The molecule has 1 unspecified atom stereocenters. The minimum atomic E-state index is -3.66. The fourth-order valence-corrected chi connectivity index (χ4v) is 4.24. The molecule has 2 heterocycles. The highest BCUT2D eigenvalue weighted by Crippen LogP contribution is 2.28. The van der Waals surface area contributed by atoms with E-state index >= 15 is 0 Å². The molecular formula is C12H16Cl2N2O3S. The molecule has 0 radical (unpaired) electrons. The number of morpholine rings is 1. The Morgan fingerprint density at radius 3 is 2.65 bits per heavy atom. The van der Waals surface area contributed by atoms with E-state index < -0.39 is 15.6 Å². The van der Waals surface area contributed by atoms with Gasteiger partial charge < -0.3 is 4.74 Å². The van der Waals surface area contributed by atoms with Crippen LogP contribution in [0.5, 0.6) is 0 Å². The smallest absolute Gasteiger partial charge is 0.244 e. The van der Waals surface area contributed by atoms with Crippen LogP contribution in [0.15, 0.2) is 17.2 Å². The minimum Gasteiger partial charge on any atom is -0.370 e. The summed E-state index contributed by atoms with van der Waals surface area (Å²) in [4.78, 5) is 3.83. The first-order valence-electron chi connectivity index (χ1n) is 6.11. The normalized spacial score (nSPS) is 23.8. The van der Waals surface area contributed by atoms with Crippen LogP contribution in [-0.4, -0.2) is 42.5 Å². The maximum Gasteiger partial charge on any atom is 0.244 e. The molecule has 0 aromatic carbocycles. The Morgan fingerprint density at radius 2 is 2.10 bits per heavy atom. The van der Waals surface area contributed by atoms with E-state index in [9.17, 15) is 8.42 Å². The van der Waals surface area contributed by atoms with Gasteiger partial charge in [0.15, 0.2) is 0 Å². The van der Waals surface area contributed by atoms with Crippen molar-refractivity contribution in [2.24, 2.45) is 0 Å².